The summed E-state index contributed by atoms with van der Waals surface area (Å²) in [6.07, 6.45) is 4.08. The van der Waals surface area contributed by atoms with E-state index in [1.54, 1.807) is 25.1 Å². The molecule has 5 rings (SSSR count). The summed E-state index contributed by atoms with van der Waals surface area (Å²) in [6, 6.07) is 13.6. The zero-order valence-electron chi connectivity index (χ0n) is 18.6. The fourth-order valence-corrected chi connectivity index (χ4v) is 4.68. The number of nitrogens with zero attached hydrogens (tertiary/aromatic N) is 3. The Bertz CT molecular complexity index is 1360. The number of hydrogen-bond donors (Lipinski definition) is 2. The summed E-state index contributed by atoms with van der Waals surface area (Å²) >= 11 is 0. The Kier molecular flexibility index (Phi) is 5.33. The van der Waals surface area contributed by atoms with E-state index in [9.17, 15) is 19.2 Å². The van der Waals surface area contributed by atoms with Crippen LogP contribution in [0, 0.1) is 24.1 Å². The van der Waals surface area contributed by atoms with Crippen LogP contribution in [0.25, 0.3) is 0 Å². The van der Waals surface area contributed by atoms with Crippen LogP contribution in [0.1, 0.15) is 74.1 Å². The van der Waals surface area contributed by atoms with E-state index in [0.29, 0.717) is 11.1 Å². The Morgan fingerprint density at radius 3 is 2.59 bits per heavy atom. The maximum absolute atomic E-state index is 13.4. The predicted molar refractivity (Wildman–Crippen MR) is 121 cm³/mol. The maximum atomic E-state index is 13.4. The predicted octanol–water partition coefficient (Wildman–Crippen LogP) is 3.63. The molecule has 1 atom stereocenters. The minimum atomic E-state index is -0.453. The number of carbonyl (C=O) groups is 2. The van der Waals surface area contributed by atoms with E-state index >= 15 is 0 Å². The number of amides is 2. The van der Waals surface area contributed by atoms with Crippen LogP contribution in [0.2, 0.25) is 0 Å². The standard InChI is InChI=1S/C26H22FN5O2/c1-15-8-17(3-5-20(15)27)13-29-24(33)21-10-22(31-14-30-21)25(34)32-23-11-26(6-7-26)19-9-16(12-28)2-4-18(19)23/h2-5,8-10,14,23H,6-7,11,13H2,1H3,(H,29,33)(H,32,34)/t23-/m1/s1. The lowest BCUT2D eigenvalue weighted by molar-refractivity contribution is 0.0930. The van der Waals surface area contributed by atoms with Crippen molar-refractivity contribution in [1.82, 2.24) is 20.6 Å². The largest absolute Gasteiger partial charge is 0.347 e. The second kappa shape index (κ2) is 8.34. The van der Waals surface area contributed by atoms with Crippen LogP contribution < -0.4 is 10.6 Å². The highest BCUT2D eigenvalue weighted by atomic mass is 19.1. The molecule has 0 radical (unpaired) electrons. The van der Waals surface area contributed by atoms with E-state index in [0.717, 1.165) is 36.0 Å². The van der Waals surface area contributed by atoms with Gasteiger partial charge in [-0.25, -0.2) is 14.4 Å². The molecule has 1 aromatic heterocycles. The fourth-order valence-electron chi connectivity index (χ4n) is 4.68. The van der Waals surface area contributed by atoms with E-state index in [-0.39, 0.29) is 41.1 Å². The number of aromatic nitrogens is 2. The van der Waals surface area contributed by atoms with E-state index in [4.69, 9.17) is 0 Å². The molecule has 7 nitrogen and oxygen atoms in total. The van der Waals surface area contributed by atoms with Gasteiger partial charge in [-0.1, -0.05) is 18.2 Å². The highest BCUT2D eigenvalue weighted by Crippen LogP contribution is 2.60. The first-order chi connectivity index (χ1) is 16.4. The SMILES string of the molecule is Cc1cc(CNC(=O)c2cc(C(=O)N[C@@H]3CC4(CC4)c4cc(C#N)ccc43)ncn2)ccc1F. The van der Waals surface area contributed by atoms with Crippen molar-refractivity contribution in [2.45, 2.75) is 44.2 Å². The molecule has 1 heterocycles. The van der Waals surface area contributed by atoms with Gasteiger partial charge < -0.3 is 10.6 Å². The maximum Gasteiger partial charge on any atom is 0.270 e. The first-order valence-electron chi connectivity index (χ1n) is 11.1. The van der Waals surface area contributed by atoms with Crippen molar-refractivity contribution in [3.8, 4) is 6.07 Å². The fraction of sp³-hybridized carbons (Fsp3) is 0.269. The van der Waals surface area contributed by atoms with Gasteiger partial charge in [0.25, 0.3) is 11.8 Å². The van der Waals surface area contributed by atoms with Crippen LogP contribution in [0.15, 0.2) is 48.8 Å². The molecule has 170 valence electrons. The van der Waals surface area contributed by atoms with Crippen molar-refractivity contribution < 1.29 is 14.0 Å². The number of rotatable bonds is 5. The van der Waals surface area contributed by atoms with Gasteiger partial charge in [0.1, 0.15) is 23.5 Å². The number of carbonyl (C=O) groups excluding carboxylic acids is 2. The van der Waals surface area contributed by atoms with Crippen molar-refractivity contribution >= 4 is 11.8 Å². The Balaban J connectivity index is 1.27. The molecule has 0 bridgehead atoms. The highest BCUT2D eigenvalue weighted by molar-refractivity contribution is 5.97. The second-order valence-electron chi connectivity index (χ2n) is 8.98. The molecule has 2 aliphatic carbocycles. The lowest BCUT2D eigenvalue weighted by Crippen LogP contribution is -2.29. The van der Waals surface area contributed by atoms with E-state index in [1.165, 1.54) is 18.5 Å². The van der Waals surface area contributed by atoms with Gasteiger partial charge in [0, 0.05) is 12.6 Å². The van der Waals surface area contributed by atoms with E-state index in [2.05, 4.69) is 26.7 Å². The molecule has 0 aliphatic heterocycles. The smallest absolute Gasteiger partial charge is 0.270 e. The quantitative estimate of drug-likeness (QED) is 0.611. The summed E-state index contributed by atoms with van der Waals surface area (Å²) in [5, 5.41) is 15.0. The van der Waals surface area contributed by atoms with Crippen molar-refractivity contribution in [2.75, 3.05) is 0 Å². The summed E-state index contributed by atoms with van der Waals surface area (Å²) < 4.78 is 13.4. The number of benzene rings is 2. The third-order valence-corrected chi connectivity index (χ3v) is 6.69. The Morgan fingerprint density at radius 1 is 1.12 bits per heavy atom. The molecule has 2 aliphatic rings. The van der Waals surface area contributed by atoms with E-state index in [1.807, 2.05) is 12.1 Å². The van der Waals surface area contributed by atoms with Crippen molar-refractivity contribution in [1.29, 1.82) is 5.26 Å². The monoisotopic (exact) mass is 455 g/mol. The Morgan fingerprint density at radius 2 is 1.88 bits per heavy atom. The van der Waals surface area contributed by atoms with E-state index < -0.39 is 5.91 Å². The molecule has 0 unspecified atom stereocenters. The van der Waals surface area contributed by atoms with Crippen LogP contribution in [-0.2, 0) is 12.0 Å². The minimum absolute atomic E-state index is 0.0512. The summed E-state index contributed by atoms with van der Waals surface area (Å²) in [5.74, 6) is -1.14. The number of fused-ring (bicyclic) bond motifs is 2. The van der Waals surface area contributed by atoms with Crippen molar-refractivity contribution in [2.24, 2.45) is 0 Å². The van der Waals surface area contributed by atoms with Gasteiger partial charge in [-0.2, -0.15) is 5.26 Å². The summed E-state index contributed by atoms with van der Waals surface area (Å²) in [4.78, 5) is 33.6. The molecule has 2 N–H and O–H groups in total. The van der Waals surface area contributed by atoms with Crippen LogP contribution in [0.3, 0.4) is 0 Å². The molecule has 34 heavy (non-hydrogen) atoms. The second-order valence-corrected chi connectivity index (χ2v) is 8.98. The summed E-state index contributed by atoms with van der Waals surface area (Å²) in [6.45, 7) is 1.86. The van der Waals surface area contributed by atoms with Gasteiger partial charge >= 0.3 is 0 Å². The average molecular weight is 455 g/mol. The number of halogens is 1. The van der Waals surface area contributed by atoms with Gasteiger partial charge in [0.15, 0.2) is 0 Å². The third kappa shape index (κ3) is 4.01. The van der Waals surface area contributed by atoms with Gasteiger partial charge in [0.05, 0.1) is 17.7 Å². The van der Waals surface area contributed by atoms with Crippen molar-refractivity contribution in [3.05, 3.63) is 93.8 Å². The lowest BCUT2D eigenvalue weighted by Gasteiger charge is -2.14. The average Bonchev–Trinajstić information content (AvgIpc) is 3.57. The molecular weight excluding hydrogens is 433 g/mol. The molecule has 2 amide bonds. The van der Waals surface area contributed by atoms with Crippen LogP contribution >= 0.6 is 0 Å². The first-order valence-corrected chi connectivity index (χ1v) is 11.1. The Hall–Kier alpha value is -4.12. The van der Waals surface area contributed by atoms with Crippen molar-refractivity contribution in [3.63, 3.8) is 0 Å². The topological polar surface area (TPSA) is 108 Å². The number of nitrogens with one attached hydrogen (secondary N) is 2. The molecule has 1 saturated carbocycles. The molecule has 1 spiro atoms. The molecular formula is C26H22FN5O2. The van der Waals surface area contributed by atoms with Crippen LogP contribution in [0.4, 0.5) is 4.39 Å². The molecule has 1 fully saturated rings. The van der Waals surface area contributed by atoms with Gasteiger partial charge in [-0.3, -0.25) is 9.59 Å². The van der Waals surface area contributed by atoms with Gasteiger partial charge in [-0.15, -0.1) is 0 Å². The summed E-state index contributed by atoms with van der Waals surface area (Å²) in [5.41, 5.74) is 4.29. The van der Waals surface area contributed by atoms with Gasteiger partial charge in [0.2, 0.25) is 0 Å². The number of hydrogen-bond acceptors (Lipinski definition) is 5. The molecule has 2 aromatic carbocycles. The minimum Gasteiger partial charge on any atom is -0.347 e. The lowest BCUT2D eigenvalue weighted by atomic mass is 9.97. The molecule has 3 aromatic rings. The number of nitriles is 1. The normalized spacial score (nSPS) is 17.0. The van der Waals surface area contributed by atoms with Crippen LogP contribution in [0.5, 0.6) is 0 Å². The number of aryl methyl sites for hydroxylation is 1. The molecule has 8 heteroatoms. The first kappa shape index (κ1) is 21.7. The van der Waals surface area contributed by atoms with Crippen LogP contribution in [-0.4, -0.2) is 21.8 Å². The molecule has 0 saturated heterocycles. The zero-order chi connectivity index (χ0) is 23.9. The zero-order valence-corrected chi connectivity index (χ0v) is 18.6. The summed E-state index contributed by atoms with van der Waals surface area (Å²) in [7, 11) is 0. The highest BCUT2D eigenvalue weighted by Gasteiger charge is 2.52. The Labute approximate surface area is 196 Å². The van der Waals surface area contributed by atoms with Gasteiger partial charge in [-0.05, 0) is 72.1 Å². The third-order valence-electron chi connectivity index (χ3n) is 6.69.